The van der Waals surface area contributed by atoms with E-state index < -0.39 is 12.0 Å². The molecule has 1 unspecified atom stereocenters. The average molecular weight is 410 g/mol. The number of hydrogen-bond acceptors (Lipinski definition) is 6. The van der Waals surface area contributed by atoms with Crippen molar-refractivity contribution in [3.63, 3.8) is 0 Å². The fourth-order valence-corrected chi connectivity index (χ4v) is 3.41. The predicted molar refractivity (Wildman–Crippen MR) is 111 cm³/mol. The third-order valence-electron chi connectivity index (χ3n) is 4.93. The molecule has 4 rings (SSSR count). The highest BCUT2D eigenvalue weighted by Gasteiger charge is 2.28. The maximum atomic E-state index is 13.1. The highest BCUT2D eigenvalue weighted by atomic mass is 16.5. The van der Waals surface area contributed by atoms with Gasteiger partial charge >= 0.3 is 0 Å². The number of rotatable bonds is 6. The third kappa shape index (κ3) is 3.81. The number of methoxy groups -OCH3 is 2. The van der Waals surface area contributed by atoms with Crippen molar-refractivity contribution in [2.24, 2.45) is 0 Å². The first-order valence-corrected chi connectivity index (χ1v) is 9.58. The Hall–Kier alpha value is -3.52. The quantitative estimate of drug-likeness (QED) is 0.641. The van der Waals surface area contributed by atoms with Crippen molar-refractivity contribution in [2.45, 2.75) is 18.9 Å². The molecular weight excluding hydrogens is 388 g/mol. The van der Waals surface area contributed by atoms with Gasteiger partial charge in [-0.25, -0.2) is 0 Å². The van der Waals surface area contributed by atoms with Crippen molar-refractivity contribution in [1.29, 1.82) is 0 Å². The molecule has 0 radical (unpaired) electrons. The molecule has 0 spiro atoms. The molecule has 8 nitrogen and oxygen atoms in total. The molecule has 0 aliphatic carbocycles. The summed E-state index contributed by atoms with van der Waals surface area (Å²) >= 11 is 0. The summed E-state index contributed by atoms with van der Waals surface area (Å²) in [6, 6.07) is 12.2. The first-order chi connectivity index (χ1) is 14.6. The van der Waals surface area contributed by atoms with Crippen molar-refractivity contribution in [1.82, 2.24) is 0 Å². The number of anilines is 2. The van der Waals surface area contributed by atoms with Crippen LogP contribution in [0.3, 0.4) is 0 Å². The molecule has 1 aliphatic heterocycles. The summed E-state index contributed by atoms with van der Waals surface area (Å²) in [5, 5.41) is 6.23. The van der Waals surface area contributed by atoms with Gasteiger partial charge in [-0.15, -0.1) is 0 Å². The van der Waals surface area contributed by atoms with Gasteiger partial charge < -0.3 is 29.3 Å². The van der Waals surface area contributed by atoms with Gasteiger partial charge in [0.2, 0.25) is 5.76 Å². The van der Waals surface area contributed by atoms with E-state index in [0.29, 0.717) is 46.9 Å². The summed E-state index contributed by atoms with van der Waals surface area (Å²) in [6.07, 6.45) is 0.935. The minimum Gasteiger partial charge on any atom is -0.497 e. The van der Waals surface area contributed by atoms with Crippen LogP contribution in [-0.4, -0.2) is 38.7 Å². The van der Waals surface area contributed by atoms with Crippen LogP contribution < -0.4 is 20.1 Å². The fourth-order valence-electron chi connectivity index (χ4n) is 3.41. The number of fused-ring (bicyclic) bond motifs is 1. The standard InChI is InChI=1S/C22H22N2O6/c1-27-13-9-10-17(28-2)15(12-13)23-22(26)20-19(14-6-3-4-7-16(14)30-20)24-21(25)18-8-5-11-29-18/h3-4,6-7,9-10,12,18H,5,8,11H2,1-2H3,(H,23,26)(H,24,25). The Morgan fingerprint density at radius 2 is 1.90 bits per heavy atom. The number of nitrogens with one attached hydrogen (secondary N) is 2. The zero-order valence-corrected chi connectivity index (χ0v) is 16.7. The van der Waals surface area contributed by atoms with Crippen molar-refractivity contribution < 1.29 is 28.2 Å². The van der Waals surface area contributed by atoms with Gasteiger partial charge in [0.25, 0.3) is 11.8 Å². The van der Waals surface area contributed by atoms with Gasteiger partial charge in [-0.05, 0) is 37.1 Å². The zero-order chi connectivity index (χ0) is 21.1. The van der Waals surface area contributed by atoms with Crippen LogP contribution in [0.25, 0.3) is 11.0 Å². The van der Waals surface area contributed by atoms with Crippen molar-refractivity contribution in [3.05, 3.63) is 48.2 Å². The second-order valence-electron chi connectivity index (χ2n) is 6.81. The normalized spacial score (nSPS) is 15.7. The molecule has 2 N–H and O–H groups in total. The summed E-state index contributed by atoms with van der Waals surface area (Å²) in [7, 11) is 3.04. The van der Waals surface area contributed by atoms with Crippen LogP contribution in [0.4, 0.5) is 11.4 Å². The molecule has 30 heavy (non-hydrogen) atoms. The van der Waals surface area contributed by atoms with E-state index in [1.807, 2.05) is 6.07 Å². The summed E-state index contributed by atoms with van der Waals surface area (Å²) in [5.74, 6) is 0.188. The summed E-state index contributed by atoms with van der Waals surface area (Å²) in [6.45, 7) is 0.549. The number of carbonyl (C=O) groups is 2. The van der Waals surface area contributed by atoms with Gasteiger partial charge in [0.15, 0.2) is 0 Å². The summed E-state index contributed by atoms with van der Waals surface area (Å²) in [5.41, 5.74) is 1.21. The number of benzene rings is 2. The van der Waals surface area contributed by atoms with E-state index in [2.05, 4.69) is 10.6 Å². The molecule has 0 saturated carbocycles. The Morgan fingerprint density at radius 3 is 2.63 bits per heavy atom. The lowest BCUT2D eigenvalue weighted by Crippen LogP contribution is -2.27. The maximum Gasteiger partial charge on any atom is 0.293 e. The molecule has 8 heteroatoms. The smallest absolute Gasteiger partial charge is 0.293 e. The lowest BCUT2D eigenvalue weighted by molar-refractivity contribution is -0.124. The molecule has 2 heterocycles. The van der Waals surface area contributed by atoms with E-state index in [0.717, 1.165) is 6.42 Å². The maximum absolute atomic E-state index is 13.1. The van der Waals surface area contributed by atoms with Gasteiger partial charge in [-0.2, -0.15) is 0 Å². The van der Waals surface area contributed by atoms with Crippen LogP contribution >= 0.6 is 0 Å². The lowest BCUT2D eigenvalue weighted by atomic mass is 10.2. The largest absolute Gasteiger partial charge is 0.497 e. The molecule has 156 valence electrons. The summed E-state index contributed by atoms with van der Waals surface area (Å²) in [4.78, 5) is 25.7. The van der Waals surface area contributed by atoms with Gasteiger partial charge in [0.1, 0.15) is 28.9 Å². The molecule has 2 aromatic carbocycles. The van der Waals surface area contributed by atoms with Crippen molar-refractivity contribution in [2.75, 3.05) is 31.5 Å². The minimum absolute atomic E-state index is 0.00702. The van der Waals surface area contributed by atoms with Crippen LogP contribution in [-0.2, 0) is 9.53 Å². The number of ether oxygens (including phenoxy) is 3. The van der Waals surface area contributed by atoms with Crippen LogP contribution in [0.1, 0.15) is 23.4 Å². The molecule has 1 fully saturated rings. The number of carbonyl (C=O) groups excluding carboxylic acids is 2. The van der Waals surface area contributed by atoms with Gasteiger partial charge in [-0.3, -0.25) is 9.59 Å². The van der Waals surface area contributed by atoms with E-state index in [4.69, 9.17) is 18.6 Å². The molecule has 1 atom stereocenters. The first kappa shape index (κ1) is 19.8. The number of amides is 2. The minimum atomic E-state index is -0.534. The molecule has 3 aromatic rings. The molecule has 1 saturated heterocycles. The second kappa shape index (κ2) is 8.46. The Kier molecular flexibility index (Phi) is 5.58. The lowest BCUT2D eigenvalue weighted by Gasteiger charge is -2.13. The summed E-state index contributed by atoms with van der Waals surface area (Å²) < 4.78 is 21.8. The van der Waals surface area contributed by atoms with Crippen molar-refractivity contribution in [3.8, 4) is 11.5 Å². The van der Waals surface area contributed by atoms with E-state index >= 15 is 0 Å². The van der Waals surface area contributed by atoms with E-state index in [9.17, 15) is 9.59 Å². The first-order valence-electron chi connectivity index (χ1n) is 9.58. The average Bonchev–Trinajstić information content (AvgIpc) is 3.42. The third-order valence-corrected chi connectivity index (χ3v) is 4.93. The number of para-hydroxylation sites is 1. The Balaban J connectivity index is 1.68. The SMILES string of the molecule is COc1ccc(OC)c(NC(=O)c2oc3ccccc3c2NC(=O)C2CCCO2)c1. The van der Waals surface area contributed by atoms with Crippen molar-refractivity contribution >= 4 is 34.2 Å². The van der Waals surface area contributed by atoms with Gasteiger partial charge in [0.05, 0.1) is 19.9 Å². The zero-order valence-electron chi connectivity index (χ0n) is 16.7. The highest BCUT2D eigenvalue weighted by Crippen LogP contribution is 2.34. The molecule has 1 aromatic heterocycles. The number of furan rings is 1. The Labute approximate surface area is 173 Å². The van der Waals surface area contributed by atoms with Gasteiger partial charge in [-0.1, -0.05) is 12.1 Å². The van der Waals surface area contributed by atoms with E-state index in [1.54, 1.807) is 36.4 Å². The van der Waals surface area contributed by atoms with Crippen LogP contribution in [0.5, 0.6) is 11.5 Å². The molecule has 2 amide bonds. The Bertz CT molecular complexity index is 1080. The molecule has 0 bridgehead atoms. The van der Waals surface area contributed by atoms with Crippen LogP contribution in [0, 0.1) is 0 Å². The fraction of sp³-hybridized carbons (Fsp3) is 0.273. The van der Waals surface area contributed by atoms with E-state index in [1.165, 1.54) is 14.2 Å². The van der Waals surface area contributed by atoms with Crippen LogP contribution in [0.15, 0.2) is 46.9 Å². The van der Waals surface area contributed by atoms with Gasteiger partial charge in [0, 0.05) is 18.1 Å². The highest BCUT2D eigenvalue weighted by molar-refractivity contribution is 6.15. The molecular formula is C22H22N2O6. The second-order valence-corrected chi connectivity index (χ2v) is 6.81. The Morgan fingerprint density at radius 1 is 1.07 bits per heavy atom. The van der Waals surface area contributed by atoms with E-state index in [-0.39, 0.29) is 11.7 Å². The predicted octanol–water partition coefficient (Wildman–Crippen LogP) is 3.82. The molecule has 1 aliphatic rings. The topological polar surface area (TPSA) is 99.0 Å². The monoisotopic (exact) mass is 410 g/mol. The number of hydrogen-bond donors (Lipinski definition) is 2. The van der Waals surface area contributed by atoms with Crippen LogP contribution in [0.2, 0.25) is 0 Å².